The lowest BCUT2D eigenvalue weighted by atomic mass is 10.1. The molecule has 0 saturated heterocycles. The maximum Gasteiger partial charge on any atom is 0.411 e. The highest BCUT2D eigenvalue weighted by Gasteiger charge is 2.01. The molecule has 0 aliphatic rings. The molecule has 0 aromatic heterocycles. The van der Waals surface area contributed by atoms with Crippen LogP contribution in [-0.2, 0) is 4.74 Å². The molecule has 2 rings (SSSR count). The summed E-state index contributed by atoms with van der Waals surface area (Å²) in [5.41, 5.74) is 2.87. The zero-order chi connectivity index (χ0) is 14.2. The zero-order valence-corrected chi connectivity index (χ0v) is 11.4. The lowest BCUT2D eigenvalue weighted by molar-refractivity contribution is 0.168. The van der Waals surface area contributed by atoms with E-state index in [1.807, 2.05) is 66.7 Å². The molecule has 102 valence electrons. The quantitative estimate of drug-likeness (QED) is 0.832. The Morgan fingerprint density at radius 3 is 2.50 bits per heavy atom. The lowest BCUT2D eigenvalue weighted by Crippen LogP contribution is -2.13. The molecule has 1 N–H and O–H groups in total. The van der Waals surface area contributed by atoms with Gasteiger partial charge in [-0.25, -0.2) is 4.79 Å². The van der Waals surface area contributed by atoms with Gasteiger partial charge in [0.25, 0.3) is 0 Å². The minimum Gasteiger partial charge on any atom is -0.450 e. The maximum absolute atomic E-state index is 11.4. The summed E-state index contributed by atoms with van der Waals surface area (Å²) in [5, 5.41) is 2.69. The van der Waals surface area contributed by atoms with E-state index in [-0.39, 0.29) is 0 Å². The van der Waals surface area contributed by atoms with Gasteiger partial charge in [-0.3, -0.25) is 5.32 Å². The summed E-state index contributed by atoms with van der Waals surface area (Å²) in [5.74, 6) is 0. The van der Waals surface area contributed by atoms with Crippen molar-refractivity contribution in [2.24, 2.45) is 0 Å². The van der Waals surface area contributed by atoms with Crippen LogP contribution in [0.3, 0.4) is 0 Å². The van der Waals surface area contributed by atoms with E-state index >= 15 is 0 Å². The van der Waals surface area contributed by atoms with Crippen molar-refractivity contribution < 1.29 is 9.53 Å². The van der Waals surface area contributed by atoms with Crippen LogP contribution in [0.1, 0.15) is 18.1 Å². The van der Waals surface area contributed by atoms with Gasteiger partial charge in [-0.15, -0.1) is 0 Å². The van der Waals surface area contributed by atoms with E-state index in [0.717, 1.165) is 16.8 Å². The number of amides is 1. The maximum atomic E-state index is 11.4. The molecule has 0 aliphatic heterocycles. The number of ether oxygens (including phenoxy) is 1. The first-order chi connectivity index (χ1) is 9.78. The molecule has 0 fully saturated rings. The molecule has 0 unspecified atom stereocenters. The predicted molar refractivity (Wildman–Crippen MR) is 82.5 cm³/mol. The van der Waals surface area contributed by atoms with Crippen molar-refractivity contribution in [1.82, 2.24) is 0 Å². The fourth-order valence-electron chi connectivity index (χ4n) is 1.76. The topological polar surface area (TPSA) is 38.3 Å². The lowest BCUT2D eigenvalue weighted by Gasteiger charge is -2.05. The third kappa shape index (κ3) is 4.28. The Bertz CT molecular complexity index is 591. The molecule has 0 saturated carbocycles. The van der Waals surface area contributed by atoms with Gasteiger partial charge >= 0.3 is 6.09 Å². The van der Waals surface area contributed by atoms with Crippen molar-refractivity contribution in [1.29, 1.82) is 0 Å². The molecular weight excluding hydrogens is 250 g/mol. The Morgan fingerprint density at radius 1 is 1.05 bits per heavy atom. The molecule has 1 amide bonds. The van der Waals surface area contributed by atoms with Crippen molar-refractivity contribution in [2.75, 3.05) is 11.9 Å². The minimum atomic E-state index is -0.434. The number of carbonyl (C=O) groups is 1. The summed E-state index contributed by atoms with van der Waals surface area (Å²) >= 11 is 0. The molecule has 20 heavy (non-hydrogen) atoms. The highest BCUT2D eigenvalue weighted by atomic mass is 16.5. The monoisotopic (exact) mass is 267 g/mol. The van der Waals surface area contributed by atoms with Crippen molar-refractivity contribution in [3.8, 4) is 0 Å². The summed E-state index contributed by atoms with van der Waals surface area (Å²) < 4.78 is 4.85. The van der Waals surface area contributed by atoms with E-state index in [1.54, 1.807) is 6.92 Å². The second-order valence-electron chi connectivity index (χ2n) is 4.21. The highest BCUT2D eigenvalue weighted by Crippen LogP contribution is 2.14. The summed E-state index contributed by atoms with van der Waals surface area (Å²) in [6.07, 6.45) is 3.60. The molecule has 0 radical (unpaired) electrons. The molecule has 0 aliphatic carbocycles. The van der Waals surface area contributed by atoms with Gasteiger partial charge in [-0.05, 0) is 30.2 Å². The van der Waals surface area contributed by atoms with Crippen molar-refractivity contribution in [3.05, 3.63) is 65.7 Å². The van der Waals surface area contributed by atoms with Crippen LogP contribution in [0.4, 0.5) is 10.5 Å². The fraction of sp³-hybridized carbons (Fsp3) is 0.118. The zero-order valence-electron chi connectivity index (χ0n) is 11.4. The summed E-state index contributed by atoms with van der Waals surface area (Å²) in [4.78, 5) is 11.4. The summed E-state index contributed by atoms with van der Waals surface area (Å²) in [7, 11) is 0. The SMILES string of the molecule is CCOC(=O)Nc1cccc(C=Cc2ccccc2)c1. The number of rotatable bonds is 4. The second-order valence-corrected chi connectivity index (χ2v) is 4.21. The van der Waals surface area contributed by atoms with Crippen LogP contribution in [0.25, 0.3) is 12.2 Å². The Kier molecular flexibility index (Phi) is 4.95. The minimum absolute atomic E-state index is 0.361. The van der Waals surface area contributed by atoms with E-state index in [4.69, 9.17) is 4.74 Å². The average Bonchev–Trinajstić information content (AvgIpc) is 2.47. The van der Waals surface area contributed by atoms with Crippen LogP contribution in [0.5, 0.6) is 0 Å². The van der Waals surface area contributed by atoms with E-state index < -0.39 is 6.09 Å². The average molecular weight is 267 g/mol. The Hall–Kier alpha value is -2.55. The molecule has 2 aromatic carbocycles. The second kappa shape index (κ2) is 7.14. The van der Waals surface area contributed by atoms with Crippen molar-refractivity contribution >= 4 is 23.9 Å². The molecule has 0 heterocycles. The predicted octanol–water partition coefficient (Wildman–Crippen LogP) is 4.43. The number of carbonyl (C=O) groups excluding carboxylic acids is 1. The normalized spacial score (nSPS) is 10.4. The van der Waals surface area contributed by atoms with E-state index in [9.17, 15) is 4.79 Å². The molecule has 0 bridgehead atoms. The number of hydrogen-bond acceptors (Lipinski definition) is 2. The molecule has 0 spiro atoms. The van der Waals surface area contributed by atoms with Crippen LogP contribution < -0.4 is 5.32 Å². The number of anilines is 1. The van der Waals surface area contributed by atoms with Gasteiger partial charge in [0.1, 0.15) is 0 Å². The fourth-order valence-corrected chi connectivity index (χ4v) is 1.76. The summed E-state index contributed by atoms with van der Waals surface area (Å²) in [6.45, 7) is 2.14. The van der Waals surface area contributed by atoms with E-state index in [0.29, 0.717) is 6.61 Å². The van der Waals surface area contributed by atoms with Crippen LogP contribution in [0.2, 0.25) is 0 Å². The third-order valence-electron chi connectivity index (χ3n) is 2.68. The Balaban J connectivity index is 2.06. The van der Waals surface area contributed by atoms with Crippen LogP contribution in [0, 0.1) is 0 Å². The van der Waals surface area contributed by atoms with E-state index in [1.165, 1.54) is 0 Å². The standard InChI is InChI=1S/C17H17NO2/c1-2-20-17(19)18-16-10-6-9-15(13-16)12-11-14-7-4-3-5-8-14/h3-13H,2H2,1H3,(H,18,19). The van der Waals surface area contributed by atoms with Gasteiger partial charge < -0.3 is 4.74 Å². The first kappa shape index (κ1) is 13.9. The molecule has 3 heteroatoms. The first-order valence-electron chi connectivity index (χ1n) is 6.55. The van der Waals surface area contributed by atoms with E-state index in [2.05, 4.69) is 5.32 Å². The van der Waals surface area contributed by atoms with Crippen LogP contribution in [-0.4, -0.2) is 12.7 Å². The Morgan fingerprint density at radius 2 is 1.75 bits per heavy atom. The number of hydrogen-bond donors (Lipinski definition) is 1. The number of nitrogens with one attached hydrogen (secondary N) is 1. The molecule has 0 atom stereocenters. The number of benzene rings is 2. The molecule has 2 aromatic rings. The smallest absolute Gasteiger partial charge is 0.411 e. The van der Waals surface area contributed by atoms with Gasteiger partial charge in [0, 0.05) is 5.69 Å². The van der Waals surface area contributed by atoms with Gasteiger partial charge in [-0.1, -0.05) is 54.6 Å². The van der Waals surface area contributed by atoms with Crippen molar-refractivity contribution in [3.63, 3.8) is 0 Å². The van der Waals surface area contributed by atoms with Crippen LogP contribution in [0.15, 0.2) is 54.6 Å². The molecular formula is C17H17NO2. The van der Waals surface area contributed by atoms with Gasteiger partial charge in [0.15, 0.2) is 0 Å². The van der Waals surface area contributed by atoms with Gasteiger partial charge in [0.05, 0.1) is 6.61 Å². The molecule has 3 nitrogen and oxygen atoms in total. The van der Waals surface area contributed by atoms with Crippen LogP contribution >= 0.6 is 0 Å². The highest BCUT2D eigenvalue weighted by molar-refractivity contribution is 5.85. The summed E-state index contributed by atoms with van der Waals surface area (Å²) in [6, 6.07) is 17.7. The largest absolute Gasteiger partial charge is 0.450 e. The van der Waals surface area contributed by atoms with Gasteiger partial charge in [-0.2, -0.15) is 0 Å². The van der Waals surface area contributed by atoms with Gasteiger partial charge in [0.2, 0.25) is 0 Å². The third-order valence-corrected chi connectivity index (χ3v) is 2.68. The first-order valence-corrected chi connectivity index (χ1v) is 6.55. The Labute approximate surface area is 118 Å². The van der Waals surface area contributed by atoms with Crippen molar-refractivity contribution in [2.45, 2.75) is 6.92 Å².